The molecule has 0 bridgehead atoms. The van der Waals surface area contributed by atoms with E-state index in [-0.39, 0.29) is 17.9 Å². The number of nitrogens with zero attached hydrogens (tertiary/aromatic N) is 2. The van der Waals surface area contributed by atoms with E-state index in [1.807, 2.05) is 53.3 Å². The Labute approximate surface area is 204 Å². The molecule has 1 aromatic carbocycles. The van der Waals surface area contributed by atoms with Crippen LogP contribution in [0.25, 0.3) is 10.2 Å². The van der Waals surface area contributed by atoms with Crippen molar-refractivity contribution in [2.24, 2.45) is 11.8 Å². The highest BCUT2D eigenvalue weighted by molar-refractivity contribution is 7.17. The Hall–Kier alpha value is -2.80. The highest BCUT2D eigenvalue weighted by atomic mass is 32.1. The van der Waals surface area contributed by atoms with Gasteiger partial charge in [0.15, 0.2) is 0 Å². The largest absolute Gasteiger partial charge is 0.496 e. The van der Waals surface area contributed by atoms with Gasteiger partial charge >= 0.3 is 0 Å². The van der Waals surface area contributed by atoms with E-state index >= 15 is 0 Å². The Morgan fingerprint density at radius 2 is 2.03 bits per heavy atom. The van der Waals surface area contributed by atoms with E-state index in [4.69, 9.17) is 4.74 Å². The molecular weight excluding hydrogens is 446 g/mol. The standard InChI is InChI=1S/C27H33N3O3S/c1-17-8-7-10-20(18(17)2)28-26(32)27(3)16-29-21-12-13-34-24(21)14-22(29)25(31)30(27)15-19-9-5-6-11-23(19)33-4/h5-6,9,11-14,17-18,20H,7-8,10,15-16H2,1-4H3,(H,28,32)/t17-,18-,20-,27-/m1/s1. The molecule has 0 radical (unpaired) electrons. The first kappa shape index (κ1) is 23.0. The number of methoxy groups -OCH3 is 1. The number of hydrogen-bond acceptors (Lipinski definition) is 4. The normalized spacial score (nSPS) is 27.0. The Balaban J connectivity index is 1.54. The zero-order chi connectivity index (χ0) is 24.0. The van der Waals surface area contributed by atoms with Gasteiger partial charge in [0.25, 0.3) is 5.91 Å². The molecule has 3 aromatic rings. The van der Waals surface area contributed by atoms with Crippen LogP contribution in [-0.4, -0.2) is 40.0 Å². The fourth-order valence-electron chi connectivity index (χ4n) is 5.63. The third-order valence-corrected chi connectivity index (χ3v) is 8.94. The van der Waals surface area contributed by atoms with Crippen molar-refractivity contribution in [3.63, 3.8) is 0 Å². The third kappa shape index (κ3) is 3.70. The number of thiophene rings is 1. The summed E-state index contributed by atoms with van der Waals surface area (Å²) in [6, 6.07) is 11.8. The minimum absolute atomic E-state index is 0.0792. The van der Waals surface area contributed by atoms with Gasteiger partial charge in [-0.25, -0.2) is 0 Å². The van der Waals surface area contributed by atoms with Crippen LogP contribution in [0.5, 0.6) is 5.75 Å². The molecule has 1 saturated carbocycles. The van der Waals surface area contributed by atoms with Crippen molar-refractivity contribution in [2.75, 3.05) is 7.11 Å². The first-order chi connectivity index (χ1) is 16.3. The molecule has 2 aromatic heterocycles. The zero-order valence-corrected chi connectivity index (χ0v) is 21.2. The fourth-order valence-corrected chi connectivity index (χ4v) is 6.46. The van der Waals surface area contributed by atoms with Crippen LogP contribution in [-0.2, 0) is 17.9 Å². The van der Waals surface area contributed by atoms with Gasteiger partial charge in [-0.05, 0) is 48.8 Å². The second-order valence-corrected chi connectivity index (χ2v) is 11.1. The summed E-state index contributed by atoms with van der Waals surface area (Å²) in [5.41, 5.74) is 1.52. The Bertz CT molecular complexity index is 1230. The van der Waals surface area contributed by atoms with Crippen molar-refractivity contribution < 1.29 is 14.3 Å². The molecule has 0 unspecified atom stereocenters. The van der Waals surface area contributed by atoms with Crippen LogP contribution in [0, 0.1) is 11.8 Å². The lowest BCUT2D eigenvalue weighted by molar-refractivity contribution is -0.134. The molecule has 5 rings (SSSR count). The average Bonchev–Trinajstić information content (AvgIpc) is 3.42. The number of fused-ring (bicyclic) bond motifs is 3. The second kappa shape index (κ2) is 8.77. The van der Waals surface area contributed by atoms with Crippen molar-refractivity contribution in [1.82, 2.24) is 14.8 Å². The van der Waals surface area contributed by atoms with E-state index in [9.17, 15) is 9.59 Å². The minimum atomic E-state index is -1.03. The quantitative estimate of drug-likeness (QED) is 0.556. The average molecular weight is 480 g/mol. The number of aromatic nitrogens is 1. The van der Waals surface area contributed by atoms with E-state index in [1.54, 1.807) is 23.3 Å². The highest BCUT2D eigenvalue weighted by Crippen LogP contribution is 2.37. The third-order valence-electron chi connectivity index (χ3n) is 8.08. The van der Waals surface area contributed by atoms with Crippen molar-refractivity contribution in [3.8, 4) is 5.75 Å². The molecule has 2 amide bonds. The monoisotopic (exact) mass is 479 g/mol. The number of carbonyl (C=O) groups excluding carboxylic acids is 2. The molecule has 3 heterocycles. The van der Waals surface area contributed by atoms with Crippen molar-refractivity contribution in [3.05, 3.63) is 53.0 Å². The molecule has 1 fully saturated rings. The van der Waals surface area contributed by atoms with E-state index in [1.165, 1.54) is 6.42 Å². The molecule has 34 heavy (non-hydrogen) atoms. The number of benzene rings is 1. The maximum atomic E-state index is 14.0. The predicted molar refractivity (Wildman–Crippen MR) is 135 cm³/mol. The molecule has 6 nitrogen and oxygen atoms in total. The van der Waals surface area contributed by atoms with Gasteiger partial charge in [0, 0.05) is 11.6 Å². The van der Waals surface area contributed by atoms with Crippen molar-refractivity contribution in [1.29, 1.82) is 0 Å². The molecular formula is C27H33N3O3S. The van der Waals surface area contributed by atoms with Crippen LogP contribution in [0.4, 0.5) is 0 Å². The summed E-state index contributed by atoms with van der Waals surface area (Å²) in [5, 5.41) is 5.40. The van der Waals surface area contributed by atoms with Gasteiger partial charge < -0.3 is 19.5 Å². The zero-order valence-electron chi connectivity index (χ0n) is 20.3. The number of para-hydroxylation sites is 1. The fraction of sp³-hybridized carbons (Fsp3) is 0.481. The molecule has 1 N–H and O–H groups in total. The number of nitrogens with one attached hydrogen (secondary N) is 1. The van der Waals surface area contributed by atoms with Crippen LogP contribution in [0.3, 0.4) is 0 Å². The lowest BCUT2D eigenvalue weighted by atomic mass is 9.77. The van der Waals surface area contributed by atoms with Crippen LogP contribution in [0.2, 0.25) is 0 Å². The predicted octanol–water partition coefficient (Wildman–Crippen LogP) is 5.07. The van der Waals surface area contributed by atoms with E-state index in [0.717, 1.165) is 34.4 Å². The summed E-state index contributed by atoms with van der Waals surface area (Å²) in [6.07, 6.45) is 3.30. The molecule has 1 aliphatic carbocycles. The summed E-state index contributed by atoms with van der Waals surface area (Å²) < 4.78 is 8.66. The second-order valence-electron chi connectivity index (χ2n) is 10.1. The minimum Gasteiger partial charge on any atom is -0.496 e. The molecule has 2 aliphatic rings. The van der Waals surface area contributed by atoms with Gasteiger partial charge in [-0.2, -0.15) is 0 Å². The summed E-state index contributed by atoms with van der Waals surface area (Å²) in [6.45, 7) is 7.14. The molecule has 0 saturated heterocycles. The Morgan fingerprint density at radius 1 is 1.24 bits per heavy atom. The molecule has 180 valence electrons. The topological polar surface area (TPSA) is 63.6 Å². The lowest BCUT2D eigenvalue weighted by Gasteiger charge is -2.45. The van der Waals surface area contributed by atoms with Crippen LogP contribution in [0.1, 0.15) is 56.1 Å². The summed E-state index contributed by atoms with van der Waals surface area (Å²) >= 11 is 1.62. The van der Waals surface area contributed by atoms with Crippen LogP contribution in [0.15, 0.2) is 41.8 Å². The number of rotatable bonds is 5. The van der Waals surface area contributed by atoms with Crippen LogP contribution >= 0.6 is 11.3 Å². The van der Waals surface area contributed by atoms with E-state index in [0.29, 0.717) is 30.6 Å². The van der Waals surface area contributed by atoms with Gasteiger partial charge in [-0.1, -0.05) is 44.9 Å². The smallest absolute Gasteiger partial charge is 0.271 e. The number of carbonyl (C=O) groups is 2. The molecule has 1 aliphatic heterocycles. The van der Waals surface area contributed by atoms with Gasteiger partial charge in [0.1, 0.15) is 17.0 Å². The first-order valence-electron chi connectivity index (χ1n) is 12.1. The SMILES string of the molecule is COc1ccccc1CN1C(=O)c2cc3sccc3n2C[C@]1(C)C(=O)N[C@@H]1CCC[C@@H](C)[C@H]1C. The highest BCUT2D eigenvalue weighted by Gasteiger charge is 2.49. The van der Waals surface area contributed by atoms with Crippen LogP contribution < -0.4 is 10.1 Å². The summed E-state index contributed by atoms with van der Waals surface area (Å²) in [7, 11) is 1.63. The van der Waals surface area contributed by atoms with Gasteiger partial charge in [-0.15, -0.1) is 11.3 Å². The lowest BCUT2D eigenvalue weighted by Crippen LogP contribution is -2.65. The Kier molecular flexibility index (Phi) is 5.92. The maximum absolute atomic E-state index is 14.0. The number of hydrogen-bond donors (Lipinski definition) is 1. The molecule has 7 heteroatoms. The Morgan fingerprint density at radius 3 is 2.82 bits per heavy atom. The summed E-state index contributed by atoms with van der Waals surface area (Å²) in [5.74, 6) is 1.50. The summed E-state index contributed by atoms with van der Waals surface area (Å²) in [4.78, 5) is 29.7. The molecule has 4 atom stereocenters. The van der Waals surface area contributed by atoms with Crippen molar-refractivity contribution in [2.45, 2.75) is 64.7 Å². The van der Waals surface area contributed by atoms with Gasteiger partial charge in [-0.3, -0.25) is 9.59 Å². The number of amides is 2. The molecule has 0 spiro atoms. The van der Waals surface area contributed by atoms with E-state index in [2.05, 4.69) is 19.2 Å². The number of ether oxygens (including phenoxy) is 1. The van der Waals surface area contributed by atoms with Gasteiger partial charge in [0.05, 0.1) is 30.4 Å². The van der Waals surface area contributed by atoms with E-state index < -0.39 is 5.54 Å². The maximum Gasteiger partial charge on any atom is 0.271 e. The first-order valence-corrected chi connectivity index (χ1v) is 13.0. The van der Waals surface area contributed by atoms with Gasteiger partial charge in [0.2, 0.25) is 5.91 Å². The van der Waals surface area contributed by atoms with Crippen molar-refractivity contribution >= 4 is 33.4 Å².